The van der Waals surface area contributed by atoms with Crippen LogP contribution in [0.1, 0.15) is 30.1 Å². The van der Waals surface area contributed by atoms with Gasteiger partial charge < -0.3 is 10.0 Å². The molecule has 1 N–H and O–H groups in total. The molecule has 0 aromatic heterocycles. The van der Waals surface area contributed by atoms with E-state index in [9.17, 15) is 14.3 Å². The highest BCUT2D eigenvalue weighted by molar-refractivity contribution is 5.96. The third-order valence-electron chi connectivity index (χ3n) is 3.81. The van der Waals surface area contributed by atoms with Crippen molar-refractivity contribution in [1.29, 1.82) is 0 Å². The van der Waals surface area contributed by atoms with E-state index in [-0.39, 0.29) is 17.7 Å². The van der Waals surface area contributed by atoms with Gasteiger partial charge in [0.25, 0.3) is 0 Å². The fourth-order valence-electron chi connectivity index (χ4n) is 2.50. The molecular formula is C15H20FNO2. The predicted octanol–water partition coefficient (Wildman–Crippen LogP) is 2.10. The van der Waals surface area contributed by atoms with Crippen LogP contribution in [0.15, 0.2) is 24.3 Å². The van der Waals surface area contributed by atoms with E-state index in [0.717, 1.165) is 19.5 Å². The molecule has 0 aliphatic carbocycles. The second-order valence-electron chi connectivity index (χ2n) is 5.27. The van der Waals surface area contributed by atoms with Crippen LogP contribution < -0.4 is 0 Å². The van der Waals surface area contributed by atoms with Crippen molar-refractivity contribution >= 4 is 5.78 Å². The van der Waals surface area contributed by atoms with E-state index in [0.29, 0.717) is 24.4 Å². The SMILES string of the molecule is CC(O)C1CCN(CCC(=O)c2ccc(F)cc2)C1. The summed E-state index contributed by atoms with van der Waals surface area (Å²) in [6.07, 6.45) is 1.15. The average Bonchev–Trinajstić information content (AvgIpc) is 2.86. The first-order chi connectivity index (χ1) is 9.06. The van der Waals surface area contributed by atoms with Crippen LogP contribution in [0.4, 0.5) is 4.39 Å². The van der Waals surface area contributed by atoms with E-state index in [1.54, 1.807) is 0 Å². The first-order valence-corrected chi connectivity index (χ1v) is 6.75. The maximum Gasteiger partial charge on any atom is 0.164 e. The Kier molecular flexibility index (Phi) is 4.66. The maximum absolute atomic E-state index is 12.8. The van der Waals surface area contributed by atoms with Crippen molar-refractivity contribution in [3.8, 4) is 0 Å². The second kappa shape index (κ2) is 6.26. The lowest BCUT2D eigenvalue weighted by molar-refractivity contribution is 0.0963. The number of carbonyl (C=O) groups is 1. The van der Waals surface area contributed by atoms with Gasteiger partial charge in [0.1, 0.15) is 5.82 Å². The molecule has 1 aliphatic heterocycles. The normalized spacial score (nSPS) is 21.5. The van der Waals surface area contributed by atoms with Crippen molar-refractivity contribution in [3.05, 3.63) is 35.6 Å². The van der Waals surface area contributed by atoms with E-state index >= 15 is 0 Å². The van der Waals surface area contributed by atoms with Crippen LogP contribution in [0, 0.1) is 11.7 Å². The number of nitrogens with zero attached hydrogens (tertiary/aromatic N) is 1. The van der Waals surface area contributed by atoms with Gasteiger partial charge in [-0.05, 0) is 50.1 Å². The molecule has 1 fully saturated rings. The first kappa shape index (κ1) is 14.2. The topological polar surface area (TPSA) is 40.5 Å². The van der Waals surface area contributed by atoms with Gasteiger partial charge in [-0.1, -0.05) is 0 Å². The zero-order valence-corrected chi connectivity index (χ0v) is 11.2. The highest BCUT2D eigenvalue weighted by Crippen LogP contribution is 2.20. The summed E-state index contributed by atoms with van der Waals surface area (Å²) in [5.74, 6) is 0.0392. The molecule has 0 bridgehead atoms. The zero-order chi connectivity index (χ0) is 13.8. The van der Waals surface area contributed by atoms with Crippen molar-refractivity contribution < 1.29 is 14.3 Å². The largest absolute Gasteiger partial charge is 0.393 e. The molecule has 4 heteroatoms. The molecule has 0 amide bonds. The Morgan fingerprint density at radius 3 is 2.74 bits per heavy atom. The standard InChI is InChI=1S/C15H20FNO2/c1-11(18)13-6-8-17(10-13)9-7-15(19)12-2-4-14(16)5-3-12/h2-5,11,13,18H,6-10H2,1H3. The number of ketones is 1. The number of carbonyl (C=O) groups excluding carboxylic acids is 1. The third-order valence-corrected chi connectivity index (χ3v) is 3.81. The lowest BCUT2D eigenvalue weighted by atomic mass is 10.0. The Morgan fingerprint density at radius 2 is 2.16 bits per heavy atom. The Balaban J connectivity index is 1.80. The Morgan fingerprint density at radius 1 is 1.47 bits per heavy atom. The molecule has 1 saturated heterocycles. The number of Topliss-reactive ketones (excluding diaryl/α,β-unsaturated/α-hetero) is 1. The lowest BCUT2D eigenvalue weighted by Gasteiger charge is -2.16. The summed E-state index contributed by atoms with van der Waals surface area (Å²) in [6, 6.07) is 5.68. The number of benzene rings is 1. The van der Waals surface area contributed by atoms with Crippen molar-refractivity contribution in [2.24, 2.45) is 5.92 Å². The van der Waals surface area contributed by atoms with Crippen molar-refractivity contribution in [1.82, 2.24) is 4.90 Å². The van der Waals surface area contributed by atoms with E-state index in [1.165, 1.54) is 24.3 Å². The molecule has 3 nitrogen and oxygen atoms in total. The minimum atomic E-state index is -0.323. The van der Waals surface area contributed by atoms with E-state index in [4.69, 9.17) is 0 Å². The van der Waals surface area contributed by atoms with Crippen LogP contribution in [0.2, 0.25) is 0 Å². The molecule has 1 heterocycles. The van der Waals surface area contributed by atoms with Gasteiger partial charge in [0.05, 0.1) is 6.10 Å². The van der Waals surface area contributed by atoms with E-state index < -0.39 is 0 Å². The highest BCUT2D eigenvalue weighted by Gasteiger charge is 2.25. The number of aliphatic hydroxyl groups excluding tert-OH is 1. The fourth-order valence-corrected chi connectivity index (χ4v) is 2.50. The molecule has 19 heavy (non-hydrogen) atoms. The molecule has 104 valence electrons. The van der Waals surface area contributed by atoms with Crippen molar-refractivity contribution in [3.63, 3.8) is 0 Å². The molecule has 2 atom stereocenters. The predicted molar refractivity (Wildman–Crippen MR) is 71.6 cm³/mol. The summed E-state index contributed by atoms with van der Waals surface area (Å²) < 4.78 is 12.8. The maximum atomic E-state index is 12.8. The summed E-state index contributed by atoms with van der Waals surface area (Å²) in [5.41, 5.74) is 0.563. The quantitative estimate of drug-likeness (QED) is 0.829. The van der Waals surface area contributed by atoms with Crippen LogP contribution in [0.3, 0.4) is 0 Å². The fraction of sp³-hybridized carbons (Fsp3) is 0.533. The summed E-state index contributed by atoms with van der Waals surface area (Å²) >= 11 is 0. The molecule has 2 rings (SSSR count). The number of halogens is 1. The lowest BCUT2D eigenvalue weighted by Crippen LogP contribution is -2.26. The van der Waals surface area contributed by atoms with Crippen molar-refractivity contribution in [2.45, 2.75) is 25.9 Å². The zero-order valence-electron chi connectivity index (χ0n) is 11.2. The van der Waals surface area contributed by atoms with E-state index in [1.807, 2.05) is 6.92 Å². The summed E-state index contributed by atoms with van der Waals surface area (Å²) in [6.45, 7) is 4.32. The molecule has 0 radical (unpaired) electrons. The van der Waals surface area contributed by atoms with Gasteiger partial charge >= 0.3 is 0 Å². The summed E-state index contributed by atoms with van der Waals surface area (Å²) in [4.78, 5) is 14.1. The molecule has 1 aliphatic rings. The number of rotatable bonds is 5. The van der Waals surface area contributed by atoms with Crippen LogP contribution in [0.5, 0.6) is 0 Å². The van der Waals surface area contributed by atoms with Gasteiger partial charge in [0, 0.05) is 25.1 Å². The molecule has 2 unspecified atom stereocenters. The van der Waals surface area contributed by atoms with Crippen LogP contribution in [0.25, 0.3) is 0 Å². The third kappa shape index (κ3) is 3.85. The number of aliphatic hydroxyl groups is 1. The van der Waals surface area contributed by atoms with Crippen LogP contribution in [-0.2, 0) is 0 Å². The Labute approximate surface area is 113 Å². The minimum absolute atomic E-state index is 0.0421. The van der Waals surface area contributed by atoms with Crippen LogP contribution in [-0.4, -0.2) is 41.5 Å². The summed E-state index contributed by atoms with van der Waals surface area (Å²) in [5, 5.41) is 9.52. The van der Waals surface area contributed by atoms with Gasteiger partial charge in [0.2, 0.25) is 0 Å². The van der Waals surface area contributed by atoms with E-state index in [2.05, 4.69) is 4.90 Å². The highest BCUT2D eigenvalue weighted by atomic mass is 19.1. The Hall–Kier alpha value is -1.26. The van der Waals surface area contributed by atoms with Crippen molar-refractivity contribution in [2.75, 3.05) is 19.6 Å². The van der Waals surface area contributed by atoms with Gasteiger partial charge in [-0.3, -0.25) is 4.79 Å². The molecular weight excluding hydrogens is 245 g/mol. The van der Waals surface area contributed by atoms with Gasteiger partial charge in [-0.25, -0.2) is 4.39 Å². The smallest absolute Gasteiger partial charge is 0.164 e. The van der Waals surface area contributed by atoms with Crippen LogP contribution >= 0.6 is 0 Å². The van der Waals surface area contributed by atoms with Gasteiger partial charge in [-0.15, -0.1) is 0 Å². The van der Waals surface area contributed by atoms with Gasteiger partial charge in [-0.2, -0.15) is 0 Å². The molecule has 0 spiro atoms. The number of likely N-dealkylation sites (tertiary alicyclic amines) is 1. The number of hydrogen-bond donors (Lipinski definition) is 1. The monoisotopic (exact) mass is 265 g/mol. The Bertz CT molecular complexity index is 430. The first-order valence-electron chi connectivity index (χ1n) is 6.75. The molecule has 1 aromatic carbocycles. The molecule has 0 saturated carbocycles. The number of hydrogen-bond acceptors (Lipinski definition) is 3. The minimum Gasteiger partial charge on any atom is -0.393 e. The molecule has 1 aromatic rings. The second-order valence-corrected chi connectivity index (χ2v) is 5.27. The summed E-state index contributed by atoms with van der Waals surface area (Å²) in [7, 11) is 0. The van der Waals surface area contributed by atoms with Gasteiger partial charge in [0.15, 0.2) is 5.78 Å². The average molecular weight is 265 g/mol.